The standard InChI is InChI=1S/C10H8N16O8/c27-23(28)9(24(29)30)1-21(2-9)7-17-13-5(14-18-7)11-12-6-15-19-8(20-16-6)22-3-10(4-22,25(31)32)26(33)34/h1-4H2/b12-11+. The Bertz CT molecular complexity index is 1060. The van der Waals surface area contributed by atoms with Gasteiger partial charge in [-0.25, -0.2) is 0 Å². The van der Waals surface area contributed by atoms with Gasteiger partial charge >= 0.3 is 23.2 Å². The zero-order chi connectivity index (χ0) is 24.7. The molecular weight excluding hydrogens is 472 g/mol. The maximum Gasteiger partial charge on any atom is 0.492 e. The van der Waals surface area contributed by atoms with Gasteiger partial charge in [-0.05, 0) is 0 Å². The quantitative estimate of drug-likeness (QED) is 0.162. The van der Waals surface area contributed by atoms with E-state index in [2.05, 4.69) is 51.0 Å². The minimum Gasteiger partial charge on any atom is -0.309 e. The molecule has 24 heteroatoms. The highest BCUT2D eigenvalue weighted by atomic mass is 16.7. The molecule has 4 rings (SSSR count). The molecule has 0 spiro atoms. The fourth-order valence-corrected chi connectivity index (χ4v) is 2.87. The summed E-state index contributed by atoms with van der Waals surface area (Å²) in [6.07, 6.45) is 0. The molecule has 2 saturated heterocycles. The lowest BCUT2D eigenvalue weighted by Crippen LogP contribution is -2.70. The van der Waals surface area contributed by atoms with Crippen molar-refractivity contribution in [1.82, 2.24) is 40.8 Å². The largest absolute Gasteiger partial charge is 0.492 e. The molecule has 2 aromatic rings. The first-order valence-electron chi connectivity index (χ1n) is 8.72. The fourth-order valence-electron chi connectivity index (χ4n) is 2.87. The third-order valence-electron chi connectivity index (χ3n) is 4.85. The number of anilines is 2. The highest BCUT2D eigenvalue weighted by Crippen LogP contribution is 2.29. The second kappa shape index (κ2) is 7.67. The van der Waals surface area contributed by atoms with E-state index in [9.17, 15) is 40.5 Å². The predicted octanol–water partition coefficient (Wildman–Crippen LogP) is -2.60. The van der Waals surface area contributed by atoms with Crippen LogP contribution in [0.1, 0.15) is 0 Å². The van der Waals surface area contributed by atoms with Crippen LogP contribution < -0.4 is 9.80 Å². The summed E-state index contributed by atoms with van der Waals surface area (Å²) >= 11 is 0. The summed E-state index contributed by atoms with van der Waals surface area (Å²) in [6.45, 7) is -2.29. The van der Waals surface area contributed by atoms with Gasteiger partial charge in [-0.3, -0.25) is 40.5 Å². The minimum atomic E-state index is -2.35. The van der Waals surface area contributed by atoms with Crippen molar-refractivity contribution in [2.24, 2.45) is 10.2 Å². The first kappa shape index (κ1) is 21.9. The zero-order valence-electron chi connectivity index (χ0n) is 16.2. The lowest BCUT2D eigenvalue weighted by Gasteiger charge is -2.35. The van der Waals surface area contributed by atoms with Gasteiger partial charge in [0.25, 0.3) is 11.9 Å². The molecule has 0 unspecified atom stereocenters. The maximum absolute atomic E-state index is 10.9. The Morgan fingerprint density at radius 2 is 0.824 bits per heavy atom. The Morgan fingerprint density at radius 1 is 0.559 bits per heavy atom. The predicted molar refractivity (Wildman–Crippen MR) is 97.3 cm³/mol. The number of rotatable bonds is 8. The van der Waals surface area contributed by atoms with Crippen LogP contribution in [0.15, 0.2) is 10.2 Å². The number of hydrogen-bond donors (Lipinski definition) is 0. The molecule has 0 atom stereocenters. The molecule has 0 aromatic carbocycles. The number of nitrogens with zero attached hydrogens (tertiary/aromatic N) is 16. The van der Waals surface area contributed by atoms with Gasteiger partial charge in [0, 0.05) is 0 Å². The molecule has 2 fully saturated rings. The van der Waals surface area contributed by atoms with Gasteiger partial charge in [-0.15, -0.1) is 51.0 Å². The molecule has 0 N–H and O–H groups in total. The zero-order valence-corrected chi connectivity index (χ0v) is 16.2. The van der Waals surface area contributed by atoms with Crippen molar-refractivity contribution >= 4 is 23.8 Å². The molecule has 2 aliphatic rings. The Labute approximate surface area is 183 Å². The van der Waals surface area contributed by atoms with E-state index in [1.165, 1.54) is 0 Å². The second-order valence-corrected chi connectivity index (χ2v) is 6.91. The van der Waals surface area contributed by atoms with E-state index < -0.39 is 57.2 Å². The molecule has 4 heterocycles. The summed E-state index contributed by atoms with van der Waals surface area (Å²) in [5.41, 5.74) is -4.70. The van der Waals surface area contributed by atoms with Crippen LogP contribution in [0.3, 0.4) is 0 Å². The van der Waals surface area contributed by atoms with Crippen molar-refractivity contribution < 1.29 is 19.7 Å². The van der Waals surface area contributed by atoms with Crippen LogP contribution in [-0.2, 0) is 0 Å². The molecule has 2 aromatic heterocycles. The molecular formula is C10H8N16O8. The molecule has 2 aliphatic heterocycles. The SMILES string of the molecule is O=[N+]([O-])C1([N+](=O)[O-])CN(c2nnc(/N=N/c3nnc(N4CC([N+](=O)[O-])([N+](=O)[O-])C4)nn3)nn2)C1. The lowest BCUT2D eigenvalue weighted by atomic mass is 10.0. The van der Waals surface area contributed by atoms with E-state index in [0.29, 0.717) is 0 Å². The van der Waals surface area contributed by atoms with Crippen LogP contribution in [0.5, 0.6) is 0 Å². The van der Waals surface area contributed by atoms with Crippen LogP contribution >= 0.6 is 0 Å². The Hall–Kier alpha value is -5.32. The van der Waals surface area contributed by atoms with Gasteiger partial charge in [0.1, 0.15) is 19.7 Å². The van der Waals surface area contributed by atoms with Gasteiger partial charge in [-0.1, -0.05) is 0 Å². The van der Waals surface area contributed by atoms with Crippen molar-refractivity contribution in [2.45, 2.75) is 11.3 Å². The summed E-state index contributed by atoms with van der Waals surface area (Å²) in [4.78, 5) is 41.9. The number of nitro groups is 4. The van der Waals surface area contributed by atoms with Crippen LogP contribution in [0.25, 0.3) is 0 Å². The fraction of sp³-hybridized carbons (Fsp3) is 0.600. The van der Waals surface area contributed by atoms with Gasteiger partial charge in [0.2, 0.25) is 0 Å². The molecule has 24 nitrogen and oxygen atoms in total. The lowest BCUT2D eigenvalue weighted by molar-refractivity contribution is -0.799. The Morgan fingerprint density at radius 3 is 1.06 bits per heavy atom. The van der Waals surface area contributed by atoms with Crippen molar-refractivity contribution in [3.8, 4) is 0 Å². The van der Waals surface area contributed by atoms with E-state index in [4.69, 9.17) is 0 Å². The summed E-state index contributed by atoms with van der Waals surface area (Å²) < 4.78 is 0. The van der Waals surface area contributed by atoms with Crippen LogP contribution in [-0.4, -0.2) is 98.0 Å². The van der Waals surface area contributed by atoms with Crippen LogP contribution in [0, 0.1) is 40.5 Å². The number of aromatic nitrogens is 8. The summed E-state index contributed by atoms with van der Waals surface area (Å²) in [6, 6.07) is 0. The molecule has 0 bridgehead atoms. The van der Waals surface area contributed by atoms with Crippen LogP contribution in [0.4, 0.5) is 23.8 Å². The first-order chi connectivity index (χ1) is 16.1. The molecule has 0 radical (unpaired) electrons. The van der Waals surface area contributed by atoms with E-state index in [0.717, 1.165) is 9.80 Å². The average Bonchev–Trinajstić information content (AvgIpc) is 2.71. The highest BCUT2D eigenvalue weighted by Gasteiger charge is 2.68. The Balaban J connectivity index is 1.35. The van der Waals surface area contributed by atoms with E-state index in [-0.39, 0.29) is 23.8 Å². The minimum absolute atomic E-state index is 0.197. The monoisotopic (exact) mass is 480 g/mol. The molecule has 176 valence electrons. The summed E-state index contributed by atoms with van der Waals surface area (Å²) in [7, 11) is 0. The van der Waals surface area contributed by atoms with Crippen molar-refractivity contribution in [3.63, 3.8) is 0 Å². The van der Waals surface area contributed by atoms with E-state index in [1.54, 1.807) is 0 Å². The first-order valence-corrected chi connectivity index (χ1v) is 8.72. The highest BCUT2D eigenvalue weighted by molar-refractivity contribution is 5.35. The number of azo groups is 1. The molecule has 0 aliphatic carbocycles. The molecule has 34 heavy (non-hydrogen) atoms. The summed E-state index contributed by atoms with van der Waals surface area (Å²) in [5.74, 6) is -1.15. The normalized spacial score (nSPS) is 18.1. The van der Waals surface area contributed by atoms with Crippen molar-refractivity contribution in [1.29, 1.82) is 0 Å². The van der Waals surface area contributed by atoms with Crippen molar-refractivity contribution in [3.05, 3.63) is 40.5 Å². The van der Waals surface area contributed by atoms with Crippen LogP contribution in [0.2, 0.25) is 0 Å². The van der Waals surface area contributed by atoms with E-state index in [1.807, 2.05) is 0 Å². The Kier molecular flexibility index (Phi) is 4.94. The third kappa shape index (κ3) is 3.42. The van der Waals surface area contributed by atoms with E-state index >= 15 is 0 Å². The summed E-state index contributed by atoms with van der Waals surface area (Å²) in [5, 5.41) is 79.4. The van der Waals surface area contributed by atoms with Gasteiger partial charge in [-0.2, -0.15) is 0 Å². The maximum atomic E-state index is 10.9. The number of hydrogen-bond acceptors (Lipinski definition) is 20. The topological polar surface area (TPSA) is 307 Å². The molecule has 0 saturated carbocycles. The average molecular weight is 480 g/mol. The smallest absolute Gasteiger partial charge is 0.309 e. The van der Waals surface area contributed by atoms with Gasteiger partial charge in [0.05, 0.1) is 0 Å². The van der Waals surface area contributed by atoms with Gasteiger partial charge in [0.15, 0.2) is 26.2 Å². The molecule has 0 amide bonds. The second-order valence-electron chi connectivity index (χ2n) is 6.91. The van der Waals surface area contributed by atoms with Gasteiger partial charge < -0.3 is 9.80 Å². The van der Waals surface area contributed by atoms with Crippen molar-refractivity contribution in [2.75, 3.05) is 36.0 Å². The third-order valence-corrected chi connectivity index (χ3v) is 4.85.